The third-order valence-electron chi connectivity index (χ3n) is 3.11. The van der Waals surface area contributed by atoms with Crippen LogP contribution < -0.4 is 0 Å². The van der Waals surface area contributed by atoms with E-state index in [0.717, 1.165) is 31.8 Å². The summed E-state index contributed by atoms with van der Waals surface area (Å²) in [4.78, 5) is 11.4. The summed E-state index contributed by atoms with van der Waals surface area (Å²) in [6.45, 7) is 12.9. The van der Waals surface area contributed by atoms with Crippen molar-refractivity contribution in [3.63, 3.8) is 0 Å². The highest BCUT2D eigenvalue weighted by atomic mass is 16.6. The first-order chi connectivity index (χ1) is 9.47. The Hall–Kier alpha value is -0.830. The molecule has 3 heteroatoms. The predicted octanol–water partition coefficient (Wildman–Crippen LogP) is 4.51. The van der Waals surface area contributed by atoms with Gasteiger partial charge in [-0.3, -0.25) is 0 Å². The number of ether oxygens (including phenoxy) is 2. The lowest BCUT2D eigenvalue weighted by atomic mass is 10.0. The normalized spacial score (nSPS) is 12.4. The minimum absolute atomic E-state index is 0.0253. The lowest BCUT2D eigenvalue weighted by Crippen LogP contribution is -2.23. The number of unbranched alkanes of at least 4 members (excludes halogenated alkanes) is 2. The molecule has 0 rings (SSSR count). The molecule has 0 bridgehead atoms. The lowest BCUT2D eigenvalue weighted by Gasteiger charge is -2.17. The van der Waals surface area contributed by atoms with Gasteiger partial charge in [0, 0.05) is 12.2 Å². The third-order valence-corrected chi connectivity index (χ3v) is 3.11. The van der Waals surface area contributed by atoms with Crippen LogP contribution in [0.15, 0.2) is 12.2 Å². The molecule has 0 radical (unpaired) electrons. The number of hydrogen-bond donors (Lipinski definition) is 0. The van der Waals surface area contributed by atoms with Gasteiger partial charge in [0.1, 0.15) is 6.61 Å². The van der Waals surface area contributed by atoms with Crippen LogP contribution in [0.4, 0.5) is 0 Å². The SMILES string of the molecule is C=C(C)C(=O)OCC(CCCCCC(C)C)OCCC. The standard InChI is InChI=1S/C17H32O3/c1-6-12-19-16(13-20-17(18)15(4)5)11-9-7-8-10-14(2)3/h14,16H,4,6-13H2,1-3,5H3. The maximum Gasteiger partial charge on any atom is 0.333 e. The van der Waals surface area contributed by atoms with Gasteiger partial charge in [-0.05, 0) is 25.7 Å². The molecule has 0 aromatic carbocycles. The second kappa shape index (κ2) is 12.0. The van der Waals surface area contributed by atoms with Gasteiger partial charge in [-0.2, -0.15) is 0 Å². The monoisotopic (exact) mass is 284 g/mol. The van der Waals surface area contributed by atoms with Gasteiger partial charge in [0.15, 0.2) is 0 Å². The first-order valence-corrected chi connectivity index (χ1v) is 7.91. The second-order valence-electron chi connectivity index (χ2n) is 5.90. The van der Waals surface area contributed by atoms with Gasteiger partial charge in [0.05, 0.1) is 6.10 Å². The van der Waals surface area contributed by atoms with E-state index in [-0.39, 0.29) is 12.1 Å². The largest absolute Gasteiger partial charge is 0.460 e. The van der Waals surface area contributed by atoms with Crippen molar-refractivity contribution >= 4 is 5.97 Å². The summed E-state index contributed by atoms with van der Waals surface area (Å²) in [5.74, 6) is 0.452. The van der Waals surface area contributed by atoms with Crippen LogP contribution in [0.2, 0.25) is 0 Å². The van der Waals surface area contributed by atoms with Crippen molar-refractivity contribution in [3.8, 4) is 0 Å². The Labute approximate surface area is 124 Å². The molecular weight excluding hydrogens is 252 g/mol. The molecule has 0 aromatic rings. The molecule has 0 aromatic heterocycles. The van der Waals surface area contributed by atoms with E-state index < -0.39 is 0 Å². The van der Waals surface area contributed by atoms with Crippen LogP contribution in [0.5, 0.6) is 0 Å². The molecule has 20 heavy (non-hydrogen) atoms. The Morgan fingerprint density at radius 3 is 2.35 bits per heavy atom. The Morgan fingerprint density at radius 2 is 1.80 bits per heavy atom. The smallest absolute Gasteiger partial charge is 0.333 e. The van der Waals surface area contributed by atoms with Crippen molar-refractivity contribution in [1.29, 1.82) is 0 Å². The lowest BCUT2D eigenvalue weighted by molar-refractivity contribution is -0.143. The minimum Gasteiger partial charge on any atom is -0.460 e. The molecule has 0 spiro atoms. The number of hydrogen-bond acceptors (Lipinski definition) is 3. The number of carbonyl (C=O) groups excluding carboxylic acids is 1. The molecule has 0 saturated heterocycles. The summed E-state index contributed by atoms with van der Waals surface area (Å²) in [6, 6.07) is 0. The van der Waals surface area contributed by atoms with E-state index in [1.54, 1.807) is 6.92 Å². The molecule has 118 valence electrons. The fourth-order valence-electron chi connectivity index (χ4n) is 1.89. The van der Waals surface area contributed by atoms with Crippen LogP contribution in [-0.4, -0.2) is 25.3 Å². The molecule has 1 unspecified atom stereocenters. The Bertz CT molecular complexity index is 271. The molecule has 3 nitrogen and oxygen atoms in total. The summed E-state index contributed by atoms with van der Waals surface area (Å²) in [5.41, 5.74) is 0.441. The zero-order valence-electron chi connectivity index (χ0n) is 13.7. The van der Waals surface area contributed by atoms with Gasteiger partial charge in [-0.15, -0.1) is 0 Å². The van der Waals surface area contributed by atoms with Gasteiger partial charge >= 0.3 is 5.97 Å². The molecule has 0 N–H and O–H groups in total. The molecular formula is C17H32O3. The third kappa shape index (κ3) is 11.0. The Balaban J connectivity index is 3.89. The van der Waals surface area contributed by atoms with Crippen molar-refractivity contribution in [2.75, 3.05) is 13.2 Å². The maximum absolute atomic E-state index is 11.4. The van der Waals surface area contributed by atoms with E-state index in [0.29, 0.717) is 12.2 Å². The fraction of sp³-hybridized carbons (Fsp3) is 0.824. The molecule has 0 heterocycles. The van der Waals surface area contributed by atoms with Gasteiger partial charge in [-0.1, -0.05) is 53.0 Å². The number of esters is 1. The zero-order valence-corrected chi connectivity index (χ0v) is 13.7. The van der Waals surface area contributed by atoms with Crippen LogP contribution in [0.25, 0.3) is 0 Å². The van der Waals surface area contributed by atoms with E-state index in [2.05, 4.69) is 27.4 Å². The van der Waals surface area contributed by atoms with Gasteiger partial charge in [0.2, 0.25) is 0 Å². The topological polar surface area (TPSA) is 35.5 Å². The summed E-state index contributed by atoms with van der Waals surface area (Å²) >= 11 is 0. The van der Waals surface area contributed by atoms with Crippen molar-refractivity contribution in [2.24, 2.45) is 5.92 Å². The molecule has 0 fully saturated rings. The van der Waals surface area contributed by atoms with E-state index in [9.17, 15) is 4.79 Å². The Kier molecular flexibility index (Phi) is 11.5. The van der Waals surface area contributed by atoms with E-state index in [1.807, 2.05) is 0 Å². The second-order valence-corrected chi connectivity index (χ2v) is 5.90. The van der Waals surface area contributed by atoms with Crippen LogP contribution >= 0.6 is 0 Å². The first kappa shape index (κ1) is 19.2. The number of rotatable bonds is 12. The average molecular weight is 284 g/mol. The fourth-order valence-corrected chi connectivity index (χ4v) is 1.89. The molecule has 1 atom stereocenters. The van der Waals surface area contributed by atoms with Crippen LogP contribution in [0, 0.1) is 5.92 Å². The van der Waals surface area contributed by atoms with Crippen LogP contribution in [0.3, 0.4) is 0 Å². The first-order valence-electron chi connectivity index (χ1n) is 7.91. The van der Waals surface area contributed by atoms with Crippen molar-refractivity contribution in [3.05, 3.63) is 12.2 Å². The minimum atomic E-state index is -0.324. The van der Waals surface area contributed by atoms with Crippen LogP contribution in [-0.2, 0) is 14.3 Å². The molecule has 0 aliphatic heterocycles. The van der Waals surface area contributed by atoms with Gasteiger partial charge in [0.25, 0.3) is 0 Å². The summed E-state index contributed by atoms with van der Waals surface area (Å²) in [6.07, 6.45) is 6.87. The number of carbonyl (C=O) groups is 1. The highest BCUT2D eigenvalue weighted by Gasteiger charge is 2.12. The van der Waals surface area contributed by atoms with Crippen molar-refractivity contribution in [1.82, 2.24) is 0 Å². The maximum atomic E-state index is 11.4. The quantitative estimate of drug-likeness (QED) is 0.300. The van der Waals surface area contributed by atoms with Crippen LogP contribution in [0.1, 0.15) is 66.2 Å². The van der Waals surface area contributed by atoms with Gasteiger partial charge in [-0.25, -0.2) is 4.79 Å². The Morgan fingerprint density at radius 1 is 1.15 bits per heavy atom. The summed E-state index contributed by atoms with van der Waals surface area (Å²) in [7, 11) is 0. The zero-order chi connectivity index (χ0) is 15.4. The van der Waals surface area contributed by atoms with Gasteiger partial charge < -0.3 is 9.47 Å². The van der Waals surface area contributed by atoms with E-state index in [1.165, 1.54) is 19.3 Å². The molecule has 0 amide bonds. The van der Waals surface area contributed by atoms with E-state index in [4.69, 9.17) is 9.47 Å². The van der Waals surface area contributed by atoms with Crippen molar-refractivity contribution in [2.45, 2.75) is 72.3 Å². The molecule has 0 aliphatic carbocycles. The molecule has 0 aliphatic rings. The van der Waals surface area contributed by atoms with Crippen molar-refractivity contribution < 1.29 is 14.3 Å². The summed E-state index contributed by atoms with van der Waals surface area (Å²) in [5, 5.41) is 0. The highest BCUT2D eigenvalue weighted by Crippen LogP contribution is 2.13. The molecule has 0 saturated carbocycles. The van der Waals surface area contributed by atoms with E-state index >= 15 is 0 Å². The summed E-state index contributed by atoms with van der Waals surface area (Å²) < 4.78 is 10.9. The average Bonchev–Trinajstić information content (AvgIpc) is 2.39. The highest BCUT2D eigenvalue weighted by molar-refractivity contribution is 5.86. The predicted molar refractivity (Wildman–Crippen MR) is 83.7 cm³/mol.